The van der Waals surface area contributed by atoms with Crippen LogP contribution >= 0.6 is 0 Å². The van der Waals surface area contributed by atoms with Gasteiger partial charge >= 0.3 is 0 Å². The Labute approximate surface area is 186 Å². The van der Waals surface area contributed by atoms with Gasteiger partial charge in [-0.2, -0.15) is 5.10 Å². The maximum Gasteiger partial charge on any atom is 0.276 e. The highest BCUT2D eigenvalue weighted by molar-refractivity contribution is 6.07. The molecule has 1 atom stereocenters. The number of carbonyl (C=O) groups excluding carboxylic acids is 2. The third-order valence-electron chi connectivity index (χ3n) is 5.41. The van der Waals surface area contributed by atoms with Gasteiger partial charge in [-0.05, 0) is 49.7 Å². The second kappa shape index (κ2) is 9.27. The van der Waals surface area contributed by atoms with Crippen LogP contribution in [-0.2, 0) is 4.74 Å². The fourth-order valence-corrected chi connectivity index (χ4v) is 3.71. The first kappa shape index (κ1) is 21.6. The zero-order chi connectivity index (χ0) is 22.7. The summed E-state index contributed by atoms with van der Waals surface area (Å²) in [7, 11) is 1.59. The van der Waals surface area contributed by atoms with Gasteiger partial charge in [0.2, 0.25) is 0 Å². The summed E-state index contributed by atoms with van der Waals surface area (Å²) in [5.74, 6) is -0.0219. The molecule has 0 saturated carbocycles. The van der Waals surface area contributed by atoms with Crippen molar-refractivity contribution in [3.05, 3.63) is 71.6 Å². The second-order valence-corrected chi connectivity index (χ2v) is 7.88. The molecule has 2 aromatic heterocycles. The van der Waals surface area contributed by atoms with E-state index < -0.39 is 0 Å². The van der Waals surface area contributed by atoms with Crippen molar-refractivity contribution < 1.29 is 14.3 Å². The number of ether oxygens (including phenoxy) is 1. The van der Waals surface area contributed by atoms with Crippen molar-refractivity contribution in [2.75, 3.05) is 31.7 Å². The quantitative estimate of drug-likeness (QED) is 0.573. The van der Waals surface area contributed by atoms with Gasteiger partial charge < -0.3 is 15.0 Å². The van der Waals surface area contributed by atoms with Crippen molar-refractivity contribution in [2.45, 2.75) is 25.8 Å². The number of rotatable bonds is 7. The van der Waals surface area contributed by atoms with Crippen molar-refractivity contribution in [1.29, 1.82) is 0 Å². The third-order valence-corrected chi connectivity index (χ3v) is 5.41. The van der Waals surface area contributed by atoms with E-state index in [9.17, 15) is 9.59 Å². The summed E-state index contributed by atoms with van der Waals surface area (Å²) in [4.78, 5) is 36.2. The van der Waals surface area contributed by atoms with Gasteiger partial charge in [-0.15, -0.1) is 0 Å². The van der Waals surface area contributed by atoms with Gasteiger partial charge in [0.1, 0.15) is 12.0 Å². The highest BCUT2D eigenvalue weighted by Crippen LogP contribution is 2.40. The van der Waals surface area contributed by atoms with E-state index in [0.717, 1.165) is 11.3 Å². The number of anilines is 1. The molecule has 3 heterocycles. The number of nitrogens with one attached hydrogen (secondary N) is 1. The lowest BCUT2D eigenvalue weighted by atomic mass is 9.98. The van der Waals surface area contributed by atoms with E-state index in [1.807, 2.05) is 19.9 Å². The van der Waals surface area contributed by atoms with E-state index in [2.05, 4.69) is 20.4 Å². The summed E-state index contributed by atoms with van der Waals surface area (Å²) in [6.45, 7) is 5.28. The normalized spacial score (nSPS) is 15.1. The van der Waals surface area contributed by atoms with Crippen LogP contribution in [0.3, 0.4) is 0 Å². The fourth-order valence-electron chi connectivity index (χ4n) is 3.71. The Morgan fingerprint density at radius 3 is 2.75 bits per heavy atom. The van der Waals surface area contributed by atoms with Crippen LogP contribution in [0.25, 0.3) is 0 Å². The Hall–Kier alpha value is -3.59. The van der Waals surface area contributed by atoms with Gasteiger partial charge in [0.15, 0.2) is 5.82 Å². The van der Waals surface area contributed by atoms with Crippen molar-refractivity contribution in [1.82, 2.24) is 25.1 Å². The van der Waals surface area contributed by atoms with Crippen LogP contribution in [-0.4, -0.2) is 58.4 Å². The maximum absolute atomic E-state index is 13.2. The first-order valence-electron chi connectivity index (χ1n) is 10.5. The van der Waals surface area contributed by atoms with Crippen LogP contribution < -0.4 is 10.2 Å². The average Bonchev–Trinajstić information content (AvgIpc) is 3.44. The highest BCUT2D eigenvalue weighted by atomic mass is 16.5. The van der Waals surface area contributed by atoms with Gasteiger partial charge in [-0.1, -0.05) is 6.07 Å². The number of methoxy groups -OCH3 is 1. The Balaban J connectivity index is 1.70. The zero-order valence-electron chi connectivity index (χ0n) is 18.4. The van der Waals surface area contributed by atoms with E-state index in [0.29, 0.717) is 36.8 Å². The molecule has 1 aromatic carbocycles. The molecule has 3 aromatic rings. The molecule has 0 spiro atoms. The van der Waals surface area contributed by atoms with Crippen molar-refractivity contribution in [3.8, 4) is 0 Å². The molecule has 9 nitrogen and oxygen atoms in total. The van der Waals surface area contributed by atoms with E-state index in [-0.39, 0.29) is 23.8 Å². The minimum Gasteiger partial charge on any atom is -0.383 e. The summed E-state index contributed by atoms with van der Waals surface area (Å²) in [6, 6.07) is 10.8. The van der Waals surface area contributed by atoms with Gasteiger partial charge in [0.25, 0.3) is 11.8 Å². The zero-order valence-corrected chi connectivity index (χ0v) is 18.4. The van der Waals surface area contributed by atoms with Gasteiger partial charge in [0.05, 0.1) is 12.5 Å². The monoisotopic (exact) mass is 434 g/mol. The number of hydrogen-bond acceptors (Lipinski definition) is 6. The summed E-state index contributed by atoms with van der Waals surface area (Å²) < 4.78 is 6.79. The minimum atomic E-state index is -0.246. The van der Waals surface area contributed by atoms with E-state index >= 15 is 0 Å². The molecule has 1 unspecified atom stereocenters. The maximum atomic E-state index is 13.2. The Morgan fingerprint density at radius 2 is 2.06 bits per heavy atom. The minimum absolute atomic E-state index is 0.168. The Morgan fingerprint density at radius 1 is 1.22 bits per heavy atom. The number of nitrogens with zero attached hydrogens (tertiary/aromatic N) is 5. The van der Waals surface area contributed by atoms with E-state index in [1.54, 1.807) is 59.5 Å². The summed E-state index contributed by atoms with van der Waals surface area (Å²) >= 11 is 0. The van der Waals surface area contributed by atoms with Crippen molar-refractivity contribution >= 4 is 17.5 Å². The van der Waals surface area contributed by atoms with Crippen LogP contribution in [0.4, 0.5) is 5.69 Å². The first-order valence-corrected chi connectivity index (χ1v) is 10.5. The SMILES string of the molecule is COCCNC(=O)c1ccc2c(c1)C(c1ncn(C(C)C)n1)CN2C(=O)c1ccccn1. The smallest absolute Gasteiger partial charge is 0.276 e. The third kappa shape index (κ3) is 4.24. The molecule has 32 heavy (non-hydrogen) atoms. The topological polar surface area (TPSA) is 102 Å². The Bertz CT molecular complexity index is 1110. The number of amides is 2. The summed E-state index contributed by atoms with van der Waals surface area (Å²) in [5, 5.41) is 7.46. The number of pyridine rings is 1. The van der Waals surface area contributed by atoms with Crippen molar-refractivity contribution in [2.24, 2.45) is 0 Å². The number of benzene rings is 1. The molecule has 2 amide bonds. The van der Waals surface area contributed by atoms with Crippen LogP contribution in [0.1, 0.15) is 58.0 Å². The molecule has 0 aliphatic carbocycles. The molecular weight excluding hydrogens is 408 g/mol. The highest BCUT2D eigenvalue weighted by Gasteiger charge is 2.37. The molecule has 0 saturated heterocycles. The molecule has 0 fully saturated rings. The lowest BCUT2D eigenvalue weighted by molar-refractivity contribution is 0.0936. The fraction of sp³-hybridized carbons (Fsp3) is 0.348. The lowest BCUT2D eigenvalue weighted by Gasteiger charge is -2.17. The van der Waals surface area contributed by atoms with Gasteiger partial charge in [0, 0.05) is 43.7 Å². The van der Waals surface area contributed by atoms with E-state index in [4.69, 9.17) is 4.74 Å². The molecular formula is C23H26N6O3. The number of carbonyl (C=O) groups is 2. The number of hydrogen-bond donors (Lipinski definition) is 1. The molecule has 1 aliphatic heterocycles. The molecule has 0 bridgehead atoms. The molecule has 1 N–H and O–H groups in total. The largest absolute Gasteiger partial charge is 0.383 e. The second-order valence-electron chi connectivity index (χ2n) is 7.88. The van der Waals surface area contributed by atoms with Crippen molar-refractivity contribution in [3.63, 3.8) is 0 Å². The predicted octanol–water partition coefficient (Wildman–Crippen LogP) is 2.42. The van der Waals surface area contributed by atoms with Crippen LogP contribution in [0, 0.1) is 0 Å². The summed E-state index contributed by atoms with van der Waals surface area (Å²) in [6.07, 6.45) is 3.30. The van der Waals surface area contributed by atoms with Crippen LogP contribution in [0.5, 0.6) is 0 Å². The lowest BCUT2D eigenvalue weighted by Crippen LogP contribution is -2.30. The van der Waals surface area contributed by atoms with Gasteiger partial charge in [-0.25, -0.2) is 4.98 Å². The number of aromatic nitrogens is 4. The molecule has 0 radical (unpaired) electrons. The molecule has 9 heteroatoms. The average molecular weight is 435 g/mol. The molecule has 4 rings (SSSR count). The Kier molecular flexibility index (Phi) is 6.27. The number of fused-ring (bicyclic) bond motifs is 1. The first-order chi connectivity index (χ1) is 15.5. The molecule has 166 valence electrons. The van der Waals surface area contributed by atoms with E-state index in [1.165, 1.54) is 0 Å². The summed E-state index contributed by atoms with van der Waals surface area (Å²) in [5.41, 5.74) is 2.46. The van der Waals surface area contributed by atoms with Crippen LogP contribution in [0.2, 0.25) is 0 Å². The predicted molar refractivity (Wildman–Crippen MR) is 119 cm³/mol. The standard InChI is InChI=1S/C23H26N6O3/c1-15(2)29-14-26-21(27-29)18-13-28(23(31)19-6-4-5-9-24-19)20-8-7-16(12-17(18)20)22(30)25-10-11-32-3/h4-9,12,14-15,18H,10-11,13H2,1-3H3,(H,25,30). The van der Waals surface area contributed by atoms with Crippen LogP contribution in [0.15, 0.2) is 48.9 Å². The van der Waals surface area contributed by atoms with Gasteiger partial charge in [-0.3, -0.25) is 19.3 Å². The molecule has 1 aliphatic rings.